The summed E-state index contributed by atoms with van der Waals surface area (Å²) in [6.07, 6.45) is 0. The molecular weight excluding hydrogens is 581 g/mol. The lowest BCUT2D eigenvalue weighted by molar-refractivity contribution is 1.26. The van der Waals surface area contributed by atoms with E-state index in [0.717, 1.165) is 44.0 Å². The van der Waals surface area contributed by atoms with Crippen molar-refractivity contribution in [1.82, 2.24) is 9.97 Å². The van der Waals surface area contributed by atoms with Gasteiger partial charge >= 0.3 is 0 Å². The molecule has 0 atom stereocenters. The van der Waals surface area contributed by atoms with E-state index in [2.05, 4.69) is 159 Å². The van der Waals surface area contributed by atoms with Crippen LogP contribution in [0.2, 0.25) is 0 Å². The lowest BCUT2D eigenvalue weighted by Crippen LogP contribution is -1.95. The molecule has 8 aromatic carbocycles. The zero-order valence-electron chi connectivity index (χ0n) is 26.8. The zero-order valence-corrected chi connectivity index (χ0v) is 26.8. The Kier molecular flexibility index (Phi) is 5.74. The van der Waals surface area contributed by atoms with Gasteiger partial charge in [0.25, 0.3) is 0 Å². The van der Waals surface area contributed by atoms with Crippen LogP contribution in [0.3, 0.4) is 0 Å². The summed E-state index contributed by atoms with van der Waals surface area (Å²) < 4.78 is 0. The van der Waals surface area contributed by atoms with Crippen molar-refractivity contribution < 1.29 is 0 Å². The van der Waals surface area contributed by atoms with Gasteiger partial charge in [-0.25, -0.2) is 0 Å². The zero-order chi connectivity index (χ0) is 31.9. The Morgan fingerprint density at radius 3 is 1.08 bits per heavy atom. The minimum absolute atomic E-state index is 0.999. The fourth-order valence-corrected chi connectivity index (χ4v) is 7.95. The van der Waals surface area contributed by atoms with Gasteiger partial charge in [0.05, 0.1) is 11.0 Å². The van der Waals surface area contributed by atoms with Crippen LogP contribution in [0.15, 0.2) is 146 Å². The minimum atomic E-state index is 0.999. The molecular formula is C46H30N2. The summed E-state index contributed by atoms with van der Waals surface area (Å²) in [6.45, 7) is 4.18. The van der Waals surface area contributed by atoms with Crippen molar-refractivity contribution in [2.24, 2.45) is 0 Å². The van der Waals surface area contributed by atoms with Crippen molar-refractivity contribution in [3.63, 3.8) is 0 Å². The maximum Gasteiger partial charge on any atom is 0.0790 e. The Morgan fingerprint density at radius 1 is 0.292 bits per heavy atom. The van der Waals surface area contributed by atoms with Crippen LogP contribution < -0.4 is 0 Å². The van der Waals surface area contributed by atoms with E-state index in [1.807, 2.05) is 0 Å². The van der Waals surface area contributed by atoms with E-state index in [1.165, 1.54) is 65.3 Å². The third-order valence-electron chi connectivity index (χ3n) is 10.1. The summed E-state index contributed by atoms with van der Waals surface area (Å²) in [6, 6.07) is 53.2. The van der Waals surface area contributed by atoms with Gasteiger partial charge in [0, 0.05) is 32.9 Å². The molecule has 2 aromatic heterocycles. The number of hydrogen-bond donors (Lipinski definition) is 0. The Morgan fingerprint density at radius 2 is 0.646 bits per heavy atom. The van der Waals surface area contributed by atoms with E-state index < -0.39 is 0 Å². The standard InChI is InChI=1S/C46H30N2/c1-27-19-21-37-41(39-23-29-11-3-5-13-31(29)33-15-7-9-17-35(33)39)26-44-43(45(37)47-27)25-42(38-22-20-28(2)48-46(38)44)40-24-30-12-4-6-14-32(30)34-16-8-10-18-36(34)40/h3-26H,1-2H3. The molecule has 0 saturated carbocycles. The van der Waals surface area contributed by atoms with Gasteiger partial charge < -0.3 is 0 Å². The fraction of sp³-hybridized carbons (Fsp3) is 0.0435. The number of aryl methyl sites for hydroxylation is 2. The summed E-state index contributed by atoms with van der Waals surface area (Å²) in [7, 11) is 0. The summed E-state index contributed by atoms with van der Waals surface area (Å²) in [4.78, 5) is 10.6. The van der Waals surface area contributed by atoms with E-state index >= 15 is 0 Å². The molecule has 10 aromatic rings. The first-order valence-corrected chi connectivity index (χ1v) is 16.6. The van der Waals surface area contributed by atoms with Crippen LogP contribution in [0.4, 0.5) is 0 Å². The Hall–Kier alpha value is -6.12. The van der Waals surface area contributed by atoms with Crippen molar-refractivity contribution in [2.45, 2.75) is 13.8 Å². The number of fused-ring (bicyclic) bond motifs is 11. The average Bonchev–Trinajstić information content (AvgIpc) is 3.13. The summed E-state index contributed by atoms with van der Waals surface area (Å²) in [5.41, 5.74) is 8.81. The van der Waals surface area contributed by atoms with Crippen LogP contribution in [0.25, 0.3) is 97.9 Å². The molecule has 0 amide bonds. The molecule has 10 rings (SSSR count). The van der Waals surface area contributed by atoms with Crippen LogP contribution in [0.1, 0.15) is 11.4 Å². The molecule has 0 spiro atoms. The van der Waals surface area contributed by atoms with Crippen LogP contribution in [-0.4, -0.2) is 9.97 Å². The largest absolute Gasteiger partial charge is 0.252 e. The van der Waals surface area contributed by atoms with Gasteiger partial charge in [-0.15, -0.1) is 0 Å². The van der Waals surface area contributed by atoms with Crippen molar-refractivity contribution in [3.8, 4) is 22.3 Å². The lowest BCUT2D eigenvalue weighted by Gasteiger charge is -2.18. The summed E-state index contributed by atoms with van der Waals surface area (Å²) in [5, 5.41) is 14.6. The van der Waals surface area contributed by atoms with Crippen molar-refractivity contribution in [3.05, 3.63) is 157 Å². The predicted octanol–water partition coefficient (Wildman–Crippen LogP) is 12.5. The van der Waals surface area contributed by atoms with Gasteiger partial charge in [-0.3, -0.25) is 9.97 Å². The van der Waals surface area contributed by atoms with Gasteiger partial charge in [-0.2, -0.15) is 0 Å². The highest BCUT2D eigenvalue weighted by atomic mass is 14.7. The highest BCUT2D eigenvalue weighted by Crippen LogP contribution is 2.45. The highest BCUT2D eigenvalue weighted by molar-refractivity contribution is 6.26. The molecule has 48 heavy (non-hydrogen) atoms. The number of nitrogens with zero attached hydrogens (tertiary/aromatic N) is 2. The third kappa shape index (κ3) is 3.93. The maximum absolute atomic E-state index is 5.28. The first-order chi connectivity index (χ1) is 23.6. The van der Waals surface area contributed by atoms with Gasteiger partial charge in [0.15, 0.2) is 0 Å². The van der Waals surface area contributed by atoms with E-state index in [1.54, 1.807) is 0 Å². The van der Waals surface area contributed by atoms with Crippen molar-refractivity contribution >= 4 is 75.7 Å². The van der Waals surface area contributed by atoms with Gasteiger partial charge in [0.2, 0.25) is 0 Å². The maximum atomic E-state index is 5.28. The van der Waals surface area contributed by atoms with Crippen LogP contribution in [0.5, 0.6) is 0 Å². The van der Waals surface area contributed by atoms with E-state index in [0.29, 0.717) is 0 Å². The number of rotatable bonds is 2. The molecule has 0 aliphatic rings. The topological polar surface area (TPSA) is 25.8 Å². The molecule has 0 N–H and O–H groups in total. The van der Waals surface area contributed by atoms with Crippen molar-refractivity contribution in [2.75, 3.05) is 0 Å². The summed E-state index contributed by atoms with van der Waals surface area (Å²) in [5.74, 6) is 0. The second kappa shape index (κ2) is 10.2. The quantitative estimate of drug-likeness (QED) is 0.182. The average molecular weight is 611 g/mol. The van der Waals surface area contributed by atoms with Gasteiger partial charge in [-0.1, -0.05) is 109 Å². The van der Waals surface area contributed by atoms with Crippen molar-refractivity contribution in [1.29, 1.82) is 0 Å². The molecule has 0 aliphatic heterocycles. The summed E-state index contributed by atoms with van der Waals surface area (Å²) >= 11 is 0. The van der Waals surface area contributed by atoms with Crippen LogP contribution in [-0.2, 0) is 0 Å². The Labute approximate surface area is 277 Å². The lowest BCUT2D eigenvalue weighted by atomic mass is 9.86. The monoisotopic (exact) mass is 610 g/mol. The fourth-order valence-electron chi connectivity index (χ4n) is 7.95. The first-order valence-electron chi connectivity index (χ1n) is 16.6. The third-order valence-corrected chi connectivity index (χ3v) is 10.1. The highest BCUT2D eigenvalue weighted by Gasteiger charge is 2.20. The molecule has 224 valence electrons. The smallest absolute Gasteiger partial charge is 0.0790 e. The Balaban J connectivity index is 1.39. The molecule has 0 fully saturated rings. The Bertz CT molecular complexity index is 2770. The van der Waals surface area contributed by atoms with E-state index in [9.17, 15) is 0 Å². The van der Waals surface area contributed by atoms with E-state index in [4.69, 9.17) is 9.97 Å². The molecule has 2 heteroatoms. The van der Waals surface area contributed by atoms with Gasteiger partial charge in [-0.05, 0) is 116 Å². The second-order valence-corrected chi connectivity index (χ2v) is 13.0. The number of benzene rings is 8. The normalized spacial score (nSPS) is 12.0. The molecule has 2 heterocycles. The van der Waals surface area contributed by atoms with Crippen LogP contribution in [0, 0.1) is 13.8 Å². The SMILES string of the molecule is Cc1ccc2c(-c3cc4ccccc4c4ccccc34)cc3c(cc(-c4cc5ccccc5c5ccccc45)c4ccc(C)nc43)c2n1. The first kappa shape index (κ1) is 27.0. The molecule has 0 saturated heterocycles. The van der Waals surface area contributed by atoms with Gasteiger partial charge in [0.1, 0.15) is 0 Å². The van der Waals surface area contributed by atoms with Crippen LogP contribution >= 0.6 is 0 Å². The second-order valence-electron chi connectivity index (χ2n) is 13.0. The molecule has 2 nitrogen and oxygen atoms in total. The predicted molar refractivity (Wildman–Crippen MR) is 205 cm³/mol. The number of pyridine rings is 2. The minimum Gasteiger partial charge on any atom is -0.252 e. The molecule has 0 bridgehead atoms. The number of aromatic nitrogens is 2. The number of hydrogen-bond acceptors (Lipinski definition) is 2. The molecule has 0 unspecified atom stereocenters. The van der Waals surface area contributed by atoms with E-state index in [-0.39, 0.29) is 0 Å². The molecule has 0 aliphatic carbocycles. The molecule has 0 radical (unpaired) electrons.